The summed E-state index contributed by atoms with van der Waals surface area (Å²) in [6, 6.07) is 0. The summed E-state index contributed by atoms with van der Waals surface area (Å²) in [6.07, 6.45) is 22.0. The standard InChI is InChI=1S/C20H40N2/c1-4-7-9-11-13-15-17-22-19-18-21(6-3)20(22)16-14-12-10-8-5-2/h18-20H,4-17H2,1-3H3. The first-order valence-electron chi connectivity index (χ1n) is 10.0. The van der Waals surface area contributed by atoms with Crippen LogP contribution in [0.2, 0.25) is 0 Å². The van der Waals surface area contributed by atoms with Crippen LogP contribution >= 0.6 is 0 Å². The second kappa shape index (κ2) is 12.8. The van der Waals surface area contributed by atoms with Gasteiger partial charge >= 0.3 is 0 Å². The first kappa shape index (κ1) is 19.4. The second-order valence-electron chi connectivity index (χ2n) is 6.82. The van der Waals surface area contributed by atoms with Crippen LogP contribution in [0.15, 0.2) is 12.4 Å². The van der Waals surface area contributed by atoms with Gasteiger partial charge < -0.3 is 9.80 Å². The molecule has 0 saturated carbocycles. The van der Waals surface area contributed by atoms with Crippen molar-refractivity contribution in [2.24, 2.45) is 0 Å². The Kier molecular flexibility index (Phi) is 11.3. The van der Waals surface area contributed by atoms with Crippen LogP contribution in [-0.4, -0.2) is 29.1 Å². The topological polar surface area (TPSA) is 6.48 Å². The molecule has 2 nitrogen and oxygen atoms in total. The summed E-state index contributed by atoms with van der Waals surface area (Å²) in [4.78, 5) is 5.13. The Morgan fingerprint density at radius 3 is 1.82 bits per heavy atom. The van der Waals surface area contributed by atoms with Gasteiger partial charge in [0.1, 0.15) is 6.17 Å². The maximum atomic E-state index is 2.60. The molecular formula is C20H40N2. The average Bonchev–Trinajstić information content (AvgIpc) is 2.92. The lowest BCUT2D eigenvalue weighted by Gasteiger charge is -2.32. The fourth-order valence-electron chi connectivity index (χ4n) is 3.44. The third kappa shape index (κ3) is 7.56. The molecule has 0 fully saturated rings. The largest absolute Gasteiger partial charge is 0.356 e. The van der Waals surface area contributed by atoms with Crippen LogP contribution in [0.5, 0.6) is 0 Å². The summed E-state index contributed by atoms with van der Waals surface area (Å²) in [6.45, 7) is 9.26. The highest BCUT2D eigenvalue weighted by molar-refractivity contribution is 4.96. The van der Waals surface area contributed by atoms with Crippen LogP contribution in [-0.2, 0) is 0 Å². The monoisotopic (exact) mass is 308 g/mol. The van der Waals surface area contributed by atoms with Crippen molar-refractivity contribution < 1.29 is 0 Å². The van der Waals surface area contributed by atoms with E-state index in [9.17, 15) is 0 Å². The molecule has 1 aliphatic heterocycles. The molecule has 130 valence electrons. The Morgan fingerprint density at radius 1 is 0.636 bits per heavy atom. The van der Waals surface area contributed by atoms with Crippen molar-refractivity contribution in [3.8, 4) is 0 Å². The predicted octanol–water partition coefficient (Wildman–Crippen LogP) is 6.14. The molecule has 0 saturated heterocycles. The van der Waals surface area contributed by atoms with Gasteiger partial charge in [0.2, 0.25) is 0 Å². The molecule has 0 aromatic rings. The molecule has 0 amide bonds. The number of hydrogen-bond acceptors (Lipinski definition) is 2. The van der Waals surface area contributed by atoms with E-state index >= 15 is 0 Å². The number of nitrogens with zero attached hydrogens (tertiary/aromatic N) is 2. The maximum absolute atomic E-state index is 2.60. The van der Waals surface area contributed by atoms with Crippen LogP contribution in [0.3, 0.4) is 0 Å². The second-order valence-corrected chi connectivity index (χ2v) is 6.82. The fourth-order valence-corrected chi connectivity index (χ4v) is 3.44. The molecule has 22 heavy (non-hydrogen) atoms. The minimum atomic E-state index is 0.641. The molecule has 0 spiro atoms. The molecule has 0 N–H and O–H groups in total. The van der Waals surface area contributed by atoms with Crippen LogP contribution in [0, 0.1) is 0 Å². The van der Waals surface area contributed by atoms with E-state index in [0.717, 1.165) is 6.54 Å². The van der Waals surface area contributed by atoms with Gasteiger partial charge in [-0.05, 0) is 26.2 Å². The molecule has 0 aliphatic carbocycles. The fraction of sp³-hybridized carbons (Fsp3) is 0.900. The molecule has 0 radical (unpaired) electrons. The Bertz CT molecular complexity index is 275. The van der Waals surface area contributed by atoms with Gasteiger partial charge in [0, 0.05) is 25.5 Å². The highest BCUT2D eigenvalue weighted by Crippen LogP contribution is 2.22. The van der Waals surface area contributed by atoms with Crippen molar-refractivity contribution in [3.05, 3.63) is 12.4 Å². The molecule has 0 bridgehead atoms. The normalized spacial score (nSPS) is 17.7. The third-order valence-electron chi connectivity index (χ3n) is 4.92. The van der Waals surface area contributed by atoms with E-state index in [1.165, 1.54) is 83.6 Å². The molecule has 1 rings (SSSR count). The summed E-state index contributed by atoms with van der Waals surface area (Å²) in [5, 5.41) is 0. The van der Waals surface area contributed by atoms with Gasteiger partial charge in [-0.25, -0.2) is 0 Å². The van der Waals surface area contributed by atoms with E-state index in [1.54, 1.807) is 0 Å². The third-order valence-corrected chi connectivity index (χ3v) is 4.92. The summed E-state index contributed by atoms with van der Waals surface area (Å²) in [5.74, 6) is 0. The van der Waals surface area contributed by atoms with E-state index < -0.39 is 0 Å². The number of rotatable bonds is 14. The SMILES string of the molecule is CCCCCCCCN1C=CN(CC)C1CCCCCCC. The summed E-state index contributed by atoms with van der Waals surface area (Å²) in [7, 11) is 0. The Hall–Kier alpha value is -0.660. The predicted molar refractivity (Wildman–Crippen MR) is 98.8 cm³/mol. The van der Waals surface area contributed by atoms with E-state index in [4.69, 9.17) is 0 Å². The van der Waals surface area contributed by atoms with E-state index in [2.05, 4.69) is 43.0 Å². The van der Waals surface area contributed by atoms with Crippen molar-refractivity contribution in [2.75, 3.05) is 13.1 Å². The van der Waals surface area contributed by atoms with Gasteiger partial charge in [-0.2, -0.15) is 0 Å². The van der Waals surface area contributed by atoms with Crippen molar-refractivity contribution in [1.29, 1.82) is 0 Å². The lowest BCUT2D eigenvalue weighted by molar-refractivity contribution is 0.142. The molecule has 1 unspecified atom stereocenters. The van der Waals surface area contributed by atoms with Crippen LogP contribution in [0.4, 0.5) is 0 Å². The van der Waals surface area contributed by atoms with E-state index in [0.29, 0.717) is 6.17 Å². The Labute approximate surface area is 139 Å². The zero-order chi connectivity index (χ0) is 16.0. The number of hydrogen-bond donors (Lipinski definition) is 0. The van der Waals surface area contributed by atoms with Crippen molar-refractivity contribution in [2.45, 2.75) is 104 Å². The Balaban J connectivity index is 2.20. The molecular weight excluding hydrogens is 268 g/mol. The van der Waals surface area contributed by atoms with Gasteiger partial charge in [-0.15, -0.1) is 0 Å². The quantitative estimate of drug-likeness (QED) is 0.355. The van der Waals surface area contributed by atoms with Gasteiger partial charge in [0.05, 0.1) is 0 Å². The van der Waals surface area contributed by atoms with Gasteiger partial charge in [0.15, 0.2) is 0 Å². The lowest BCUT2D eigenvalue weighted by atomic mass is 10.1. The van der Waals surface area contributed by atoms with E-state index in [-0.39, 0.29) is 0 Å². The lowest BCUT2D eigenvalue weighted by Crippen LogP contribution is -2.38. The highest BCUT2D eigenvalue weighted by Gasteiger charge is 2.23. The van der Waals surface area contributed by atoms with Gasteiger partial charge in [-0.3, -0.25) is 0 Å². The maximum Gasteiger partial charge on any atom is 0.101 e. The highest BCUT2D eigenvalue weighted by atomic mass is 15.4. The summed E-state index contributed by atoms with van der Waals surface area (Å²) < 4.78 is 0. The van der Waals surface area contributed by atoms with Crippen LogP contribution in [0.25, 0.3) is 0 Å². The van der Waals surface area contributed by atoms with Crippen molar-refractivity contribution >= 4 is 0 Å². The van der Waals surface area contributed by atoms with Gasteiger partial charge in [0.25, 0.3) is 0 Å². The van der Waals surface area contributed by atoms with Crippen LogP contribution in [0.1, 0.15) is 97.8 Å². The number of unbranched alkanes of at least 4 members (excludes halogenated alkanes) is 9. The first-order chi connectivity index (χ1) is 10.8. The van der Waals surface area contributed by atoms with E-state index in [1.807, 2.05) is 0 Å². The van der Waals surface area contributed by atoms with Crippen molar-refractivity contribution in [1.82, 2.24) is 9.80 Å². The van der Waals surface area contributed by atoms with Crippen molar-refractivity contribution in [3.63, 3.8) is 0 Å². The Morgan fingerprint density at radius 2 is 1.18 bits per heavy atom. The van der Waals surface area contributed by atoms with Crippen LogP contribution < -0.4 is 0 Å². The molecule has 1 heterocycles. The minimum absolute atomic E-state index is 0.641. The molecule has 0 aromatic heterocycles. The summed E-state index contributed by atoms with van der Waals surface area (Å²) >= 11 is 0. The molecule has 2 heteroatoms. The first-order valence-corrected chi connectivity index (χ1v) is 10.0. The molecule has 0 aromatic carbocycles. The molecule has 1 atom stereocenters. The average molecular weight is 309 g/mol. The molecule has 1 aliphatic rings. The minimum Gasteiger partial charge on any atom is -0.356 e. The zero-order valence-corrected chi connectivity index (χ0v) is 15.5. The smallest absolute Gasteiger partial charge is 0.101 e. The summed E-state index contributed by atoms with van der Waals surface area (Å²) in [5.41, 5.74) is 0. The van der Waals surface area contributed by atoms with Gasteiger partial charge in [-0.1, -0.05) is 71.6 Å². The zero-order valence-electron chi connectivity index (χ0n) is 15.5.